The molecular formula is C17H32N2O4. The van der Waals surface area contributed by atoms with Crippen molar-refractivity contribution >= 4 is 12.1 Å². The van der Waals surface area contributed by atoms with Gasteiger partial charge in [-0.2, -0.15) is 0 Å². The fraction of sp³-hybridized carbons (Fsp3) is 0.882. The second kappa shape index (κ2) is 9.75. The minimum absolute atomic E-state index is 0.294. The van der Waals surface area contributed by atoms with E-state index in [0.29, 0.717) is 6.54 Å². The third-order valence-electron chi connectivity index (χ3n) is 3.94. The van der Waals surface area contributed by atoms with Gasteiger partial charge in [0.25, 0.3) is 0 Å². The van der Waals surface area contributed by atoms with Crippen molar-refractivity contribution in [3.63, 3.8) is 0 Å². The predicted octanol–water partition coefficient (Wildman–Crippen LogP) is 3.01. The van der Waals surface area contributed by atoms with Gasteiger partial charge in [-0.25, -0.2) is 4.79 Å². The van der Waals surface area contributed by atoms with Crippen LogP contribution in [0.5, 0.6) is 0 Å². The van der Waals surface area contributed by atoms with E-state index < -0.39 is 11.6 Å². The van der Waals surface area contributed by atoms with Gasteiger partial charge < -0.3 is 15.2 Å². The molecule has 1 amide bonds. The van der Waals surface area contributed by atoms with Crippen molar-refractivity contribution in [2.45, 2.75) is 77.4 Å². The van der Waals surface area contributed by atoms with Crippen LogP contribution in [0.2, 0.25) is 0 Å². The van der Waals surface area contributed by atoms with Gasteiger partial charge in [0, 0.05) is 6.54 Å². The summed E-state index contributed by atoms with van der Waals surface area (Å²) < 4.78 is 5.17. The monoisotopic (exact) mass is 328 g/mol. The van der Waals surface area contributed by atoms with Crippen LogP contribution < -0.4 is 5.32 Å². The van der Waals surface area contributed by atoms with Gasteiger partial charge in [0.1, 0.15) is 11.6 Å². The number of alkyl carbamates (subject to hydrolysis) is 1. The van der Waals surface area contributed by atoms with Crippen LogP contribution in [-0.2, 0) is 9.53 Å². The van der Waals surface area contributed by atoms with Crippen LogP contribution >= 0.6 is 0 Å². The summed E-state index contributed by atoms with van der Waals surface area (Å²) in [6, 6.07) is -0.294. The molecule has 0 spiro atoms. The van der Waals surface area contributed by atoms with Crippen molar-refractivity contribution in [3.8, 4) is 0 Å². The quantitative estimate of drug-likeness (QED) is 0.670. The molecule has 0 radical (unpaired) electrons. The minimum atomic E-state index is -0.689. The number of carbonyl (C=O) groups is 2. The highest BCUT2D eigenvalue weighted by atomic mass is 16.6. The summed E-state index contributed by atoms with van der Waals surface area (Å²) in [4.78, 5) is 24.8. The Hall–Kier alpha value is -1.30. The van der Waals surface area contributed by atoms with Crippen molar-refractivity contribution in [2.75, 3.05) is 19.6 Å². The SMILES string of the molecule is CC(C)(C)OC(=O)NCCCCCCN1CCCCC1C(=O)O. The lowest BCUT2D eigenvalue weighted by Gasteiger charge is -2.32. The van der Waals surface area contributed by atoms with Crippen LogP contribution in [0.25, 0.3) is 0 Å². The molecule has 0 bridgehead atoms. The molecule has 0 aliphatic carbocycles. The average Bonchev–Trinajstić information content (AvgIpc) is 2.44. The van der Waals surface area contributed by atoms with E-state index in [0.717, 1.165) is 58.0 Å². The lowest BCUT2D eigenvalue weighted by molar-refractivity contribution is -0.144. The van der Waals surface area contributed by atoms with Crippen molar-refractivity contribution in [2.24, 2.45) is 0 Å². The summed E-state index contributed by atoms with van der Waals surface area (Å²) in [7, 11) is 0. The number of carbonyl (C=O) groups excluding carboxylic acids is 1. The van der Waals surface area contributed by atoms with E-state index in [2.05, 4.69) is 10.2 Å². The first kappa shape index (κ1) is 19.7. The molecule has 23 heavy (non-hydrogen) atoms. The van der Waals surface area contributed by atoms with E-state index in [9.17, 15) is 14.7 Å². The Morgan fingerprint density at radius 2 is 1.87 bits per heavy atom. The zero-order valence-electron chi connectivity index (χ0n) is 14.8. The first-order valence-electron chi connectivity index (χ1n) is 8.73. The van der Waals surface area contributed by atoms with Crippen LogP contribution in [-0.4, -0.2) is 53.3 Å². The van der Waals surface area contributed by atoms with Gasteiger partial charge in [-0.05, 0) is 59.5 Å². The number of amides is 1. The van der Waals surface area contributed by atoms with Crippen LogP contribution in [0.4, 0.5) is 4.79 Å². The molecule has 2 N–H and O–H groups in total. The molecule has 1 fully saturated rings. The average molecular weight is 328 g/mol. The molecule has 1 atom stereocenters. The van der Waals surface area contributed by atoms with Crippen LogP contribution in [0.3, 0.4) is 0 Å². The Morgan fingerprint density at radius 1 is 1.17 bits per heavy atom. The molecule has 0 saturated carbocycles. The minimum Gasteiger partial charge on any atom is -0.480 e. The Balaban J connectivity index is 2.05. The zero-order chi connectivity index (χ0) is 17.3. The van der Waals surface area contributed by atoms with Crippen LogP contribution in [0, 0.1) is 0 Å². The number of carboxylic acids is 1. The lowest BCUT2D eigenvalue weighted by Crippen LogP contribution is -2.44. The summed E-state index contributed by atoms with van der Waals surface area (Å²) in [5.41, 5.74) is -0.459. The standard InChI is InChI=1S/C17H32N2O4/c1-17(2,3)23-16(22)18-11-7-4-5-8-12-19-13-9-6-10-14(19)15(20)21/h14H,4-13H2,1-3H3,(H,18,22)(H,20,21). The third kappa shape index (κ3) is 8.79. The zero-order valence-corrected chi connectivity index (χ0v) is 14.8. The number of unbranched alkanes of at least 4 members (excludes halogenated alkanes) is 3. The lowest BCUT2D eigenvalue weighted by atomic mass is 10.0. The van der Waals surface area contributed by atoms with Crippen molar-refractivity contribution in [1.29, 1.82) is 0 Å². The smallest absolute Gasteiger partial charge is 0.407 e. The van der Waals surface area contributed by atoms with Crippen molar-refractivity contribution in [1.82, 2.24) is 10.2 Å². The highest BCUT2D eigenvalue weighted by Gasteiger charge is 2.27. The number of carboxylic acid groups (broad SMARTS) is 1. The Labute approximate surface area is 139 Å². The molecule has 1 unspecified atom stereocenters. The van der Waals surface area contributed by atoms with E-state index in [4.69, 9.17) is 4.74 Å². The third-order valence-corrected chi connectivity index (χ3v) is 3.94. The Bertz CT molecular complexity index is 379. The molecule has 1 aliphatic heterocycles. The van der Waals surface area contributed by atoms with E-state index in [-0.39, 0.29) is 12.1 Å². The van der Waals surface area contributed by atoms with Gasteiger partial charge >= 0.3 is 12.1 Å². The van der Waals surface area contributed by atoms with E-state index in [1.165, 1.54) is 0 Å². The number of nitrogens with zero attached hydrogens (tertiary/aromatic N) is 1. The maximum absolute atomic E-state index is 11.5. The molecule has 1 saturated heterocycles. The molecule has 0 aromatic rings. The molecule has 0 aromatic heterocycles. The molecule has 6 heteroatoms. The normalized spacial score (nSPS) is 19.3. The largest absolute Gasteiger partial charge is 0.480 e. The molecular weight excluding hydrogens is 296 g/mol. The van der Waals surface area contributed by atoms with E-state index in [1.807, 2.05) is 20.8 Å². The second-order valence-electron chi connectivity index (χ2n) is 7.23. The molecule has 1 heterocycles. The highest BCUT2D eigenvalue weighted by molar-refractivity contribution is 5.73. The van der Waals surface area contributed by atoms with Gasteiger partial charge in [0.15, 0.2) is 0 Å². The number of nitrogens with one attached hydrogen (secondary N) is 1. The summed E-state index contributed by atoms with van der Waals surface area (Å²) >= 11 is 0. The molecule has 0 aromatic carbocycles. The first-order valence-corrected chi connectivity index (χ1v) is 8.73. The van der Waals surface area contributed by atoms with E-state index in [1.54, 1.807) is 0 Å². The maximum atomic E-state index is 11.5. The van der Waals surface area contributed by atoms with Gasteiger partial charge in [-0.15, -0.1) is 0 Å². The summed E-state index contributed by atoms with van der Waals surface area (Å²) in [5, 5.41) is 12.0. The Morgan fingerprint density at radius 3 is 2.52 bits per heavy atom. The summed E-state index contributed by atoms with van der Waals surface area (Å²) in [6.45, 7) is 7.91. The maximum Gasteiger partial charge on any atom is 0.407 e. The fourth-order valence-corrected chi connectivity index (χ4v) is 2.84. The van der Waals surface area contributed by atoms with Crippen LogP contribution in [0.15, 0.2) is 0 Å². The number of rotatable bonds is 8. The number of hydrogen-bond donors (Lipinski definition) is 2. The molecule has 6 nitrogen and oxygen atoms in total. The van der Waals surface area contributed by atoms with Gasteiger partial charge in [0.2, 0.25) is 0 Å². The first-order chi connectivity index (χ1) is 10.8. The number of aliphatic carboxylic acids is 1. The predicted molar refractivity (Wildman–Crippen MR) is 89.6 cm³/mol. The number of piperidine rings is 1. The second-order valence-corrected chi connectivity index (χ2v) is 7.23. The Kier molecular flexibility index (Phi) is 8.37. The van der Waals surface area contributed by atoms with Crippen molar-refractivity contribution < 1.29 is 19.4 Å². The molecule has 1 rings (SSSR count). The topological polar surface area (TPSA) is 78.9 Å². The molecule has 134 valence electrons. The van der Waals surface area contributed by atoms with Gasteiger partial charge in [-0.3, -0.25) is 9.69 Å². The molecule has 1 aliphatic rings. The van der Waals surface area contributed by atoms with Gasteiger partial charge in [0.05, 0.1) is 0 Å². The van der Waals surface area contributed by atoms with E-state index >= 15 is 0 Å². The fourth-order valence-electron chi connectivity index (χ4n) is 2.84. The number of ether oxygens (including phenoxy) is 1. The van der Waals surface area contributed by atoms with Crippen LogP contribution in [0.1, 0.15) is 65.7 Å². The summed E-state index contributed by atoms with van der Waals surface area (Å²) in [5.74, 6) is -0.689. The summed E-state index contributed by atoms with van der Waals surface area (Å²) in [6.07, 6.45) is 6.54. The highest BCUT2D eigenvalue weighted by Crippen LogP contribution is 2.18. The number of likely N-dealkylation sites (tertiary alicyclic amines) is 1. The van der Waals surface area contributed by atoms with Gasteiger partial charge in [-0.1, -0.05) is 19.3 Å². The van der Waals surface area contributed by atoms with Crippen molar-refractivity contribution in [3.05, 3.63) is 0 Å². The number of hydrogen-bond acceptors (Lipinski definition) is 4.